The minimum atomic E-state index is -0.138. The van der Waals surface area contributed by atoms with Gasteiger partial charge in [0.1, 0.15) is 17.8 Å². The molecule has 0 aliphatic carbocycles. The topological polar surface area (TPSA) is 67.3 Å². The van der Waals surface area contributed by atoms with E-state index >= 15 is 0 Å². The molecule has 0 unspecified atom stereocenters. The van der Waals surface area contributed by atoms with Gasteiger partial charge in [-0.25, -0.2) is 9.97 Å². The number of nitrogens with one attached hydrogen (secondary N) is 1. The molecule has 0 bridgehead atoms. The predicted molar refractivity (Wildman–Crippen MR) is 84.6 cm³/mol. The first-order valence-corrected chi connectivity index (χ1v) is 7.05. The summed E-state index contributed by atoms with van der Waals surface area (Å²) in [5, 5.41) is 3.08. The Labute approximate surface area is 130 Å². The van der Waals surface area contributed by atoms with Gasteiger partial charge in [0, 0.05) is 33.3 Å². The Morgan fingerprint density at radius 1 is 1.27 bits per heavy atom. The second kappa shape index (κ2) is 8.09. The fraction of sp³-hybridized carbons (Fsp3) is 0.312. The number of hydrogen-bond acceptors (Lipinski definition) is 5. The van der Waals surface area contributed by atoms with Crippen molar-refractivity contribution in [2.24, 2.45) is 0 Å². The van der Waals surface area contributed by atoms with Crippen LogP contribution in [-0.4, -0.2) is 48.1 Å². The molecule has 6 heteroatoms. The van der Waals surface area contributed by atoms with Crippen molar-refractivity contribution < 1.29 is 9.53 Å². The summed E-state index contributed by atoms with van der Waals surface area (Å²) in [5.74, 6) is 0.476. The second-order valence-electron chi connectivity index (χ2n) is 4.85. The summed E-state index contributed by atoms with van der Waals surface area (Å²) in [7, 11) is 3.39. The van der Waals surface area contributed by atoms with E-state index in [0.717, 1.165) is 5.56 Å². The molecule has 0 fully saturated rings. The monoisotopic (exact) mass is 300 g/mol. The highest BCUT2D eigenvalue weighted by Crippen LogP contribution is 2.09. The quantitative estimate of drug-likeness (QED) is 0.790. The number of anilines is 1. The van der Waals surface area contributed by atoms with Crippen molar-refractivity contribution in [3.63, 3.8) is 0 Å². The zero-order valence-electron chi connectivity index (χ0n) is 12.8. The van der Waals surface area contributed by atoms with E-state index in [9.17, 15) is 4.79 Å². The molecule has 0 aliphatic heterocycles. The summed E-state index contributed by atoms with van der Waals surface area (Å²) in [5.41, 5.74) is 1.44. The minimum Gasteiger partial charge on any atom is -0.383 e. The Kier molecular flexibility index (Phi) is 5.85. The fourth-order valence-corrected chi connectivity index (χ4v) is 1.98. The van der Waals surface area contributed by atoms with Gasteiger partial charge in [0.15, 0.2) is 0 Å². The van der Waals surface area contributed by atoms with E-state index in [1.807, 2.05) is 30.3 Å². The number of hydrogen-bond donors (Lipinski definition) is 1. The maximum atomic E-state index is 12.4. The van der Waals surface area contributed by atoms with Gasteiger partial charge in [-0.2, -0.15) is 0 Å². The van der Waals surface area contributed by atoms with Gasteiger partial charge < -0.3 is 15.0 Å². The van der Waals surface area contributed by atoms with Gasteiger partial charge in [0.05, 0.1) is 6.61 Å². The molecular formula is C16H20N4O2. The first-order valence-electron chi connectivity index (χ1n) is 7.05. The maximum Gasteiger partial charge on any atom is 0.272 e. The van der Waals surface area contributed by atoms with Crippen LogP contribution in [0.1, 0.15) is 16.1 Å². The molecule has 1 amide bonds. The van der Waals surface area contributed by atoms with Crippen LogP contribution in [0.2, 0.25) is 0 Å². The Hall–Kier alpha value is -2.47. The smallest absolute Gasteiger partial charge is 0.272 e. The van der Waals surface area contributed by atoms with Crippen LogP contribution in [0.3, 0.4) is 0 Å². The van der Waals surface area contributed by atoms with Gasteiger partial charge in [-0.15, -0.1) is 0 Å². The number of benzene rings is 1. The van der Waals surface area contributed by atoms with Crippen LogP contribution < -0.4 is 5.32 Å². The van der Waals surface area contributed by atoms with Crippen LogP contribution >= 0.6 is 0 Å². The average molecular weight is 300 g/mol. The molecule has 1 N–H and O–H groups in total. The summed E-state index contributed by atoms with van der Waals surface area (Å²) in [6, 6.07) is 11.5. The molecule has 116 valence electrons. The number of aromatic nitrogens is 2. The van der Waals surface area contributed by atoms with Crippen LogP contribution in [0.25, 0.3) is 0 Å². The molecule has 0 aliphatic rings. The zero-order valence-corrected chi connectivity index (χ0v) is 12.8. The highest BCUT2D eigenvalue weighted by molar-refractivity contribution is 5.92. The van der Waals surface area contributed by atoms with Crippen molar-refractivity contribution in [2.45, 2.75) is 6.54 Å². The largest absolute Gasteiger partial charge is 0.383 e. The number of ether oxygens (including phenoxy) is 1. The van der Waals surface area contributed by atoms with E-state index < -0.39 is 0 Å². The van der Waals surface area contributed by atoms with Gasteiger partial charge in [-0.05, 0) is 5.56 Å². The lowest BCUT2D eigenvalue weighted by molar-refractivity contribution is 0.0779. The molecule has 0 atom stereocenters. The Morgan fingerprint density at radius 2 is 2.05 bits per heavy atom. The first kappa shape index (κ1) is 15.9. The lowest BCUT2D eigenvalue weighted by Crippen LogP contribution is -2.27. The minimum absolute atomic E-state index is 0.138. The number of nitrogens with zero attached hydrogens (tertiary/aromatic N) is 3. The van der Waals surface area contributed by atoms with Gasteiger partial charge in [0.2, 0.25) is 0 Å². The second-order valence-corrected chi connectivity index (χ2v) is 4.85. The highest BCUT2D eigenvalue weighted by atomic mass is 16.5. The predicted octanol–water partition coefficient (Wildman–Crippen LogP) is 1.81. The molecule has 0 spiro atoms. The van der Waals surface area contributed by atoms with Crippen molar-refractivity contribution in [2.75, 3.05) is 32.6 Å². The molecular weight excluding hydrogens is 280 g/mol. The van der Waals surface area contributed by atoms with Gasteiger partial charge in [-0.3, -0.25) is 4.79 Å². The maximum absolute atomic E-state index is 12.4. The lowest BCUT2D eigenvalue weighted by atomic mass is 10.2. The number of carbonyl (C=O) groups excluding carboxylic acids is 1. The van der Waals surface area contributed by atoms with Crippen LogP contribution in [0.4, 0.5) is 5.82 Å². The molecule has 6 nitrogen and oxygen atoms in total. The van der Waals surface area contributed by atoms with Crippen LogP contribution in [0.5, 0.6) is 0 Å². The van der Waals surface area contributed by atoms with E-state index in [-0.39, 0.29) is 5.91 Å². The number of methoxy groups -OCH3 is 1. The van der Waals surface area contributed by atoms with Crippen molar-refractivity contribution in [3.8, 4) is 0 Å². The standard InChI is InChI=1S/C16H20N4O2/c1-20(11-13-6-4-3-5-7-13)16(21)14-10-15(19-12-18-14)17-8-9-22-2/h3-7,10,12H,8-9,11H2,1-2H3,(H,17,18,19). The molecule has 1 aromatic heterocycles. The third kappa shape index (κ3) is 4.53. The van der Waals surface area contributed by atoms with E-state index in [0.29, 0.717) is 31.2 Å². The van der Waals surface area contributed by atoms with E-state index in [2.05, 4.69) is 15.3 Å². The number of rotatable bonds is 7. The summed E-state index contributed by atoms with van der Waals surface area (Å²) in [6.45, 7) is 1.73. The Balaban J connectivity index is 2.00. The van der Waals surface area contributed by atoms with Crippen molar-refractivity contribution in [3.05, 3.63) is 54.0 Å². The van der Waals surface area contributed by atoms with Crippen LogP contribution in [0, 0.1) is 0 Å². The first-order chi connectivity index (χ1) is 10.7. The van der Waals surface area contributed by atoms with Crippen molar-refractivity contribution >= 4 is 11.7 Å². The lowest BCUT2D eigenvalue weighted by Gasteiger charge is -2.17. The summed E-state index contributed by atoms with van der Waals surface area (Å²) >= 11 is 0. The molecule has 1 heterocycles. The molecule has 22 heavy (non-hydrogen) atoms. The highest BCUT2D eigenvalue weighted by Gasteiger charge is 2.14. The van der Waals surface area contributed by atoms with Gasteiger partial charge in [0.25, 0.3) is 5.91 Å². The van der Waals surface area contributed by atoms with Gasteiger partial charge in [-0.1, -0.05) is 30.3 Å². The normalized spacial score (nSPS) is 10.3. The fourth-order valence-electron chi connectivity index (χ4n) is 1.98. The van der Waals surface area contributed by atoms with E-state index in [4.69, 9.17) is 4.74 Å². The van der Waals surface area contributed by atoms with E-state index in [1.54, 1.807) is 25.1 Å². The number of amides is 1. The average Bonchev–Trinajstić information content (AvgIpc) is 2.55. The number of carbonyl (C=O) groups is 1. The van der Waals surface area contributed by atoms with Gasteiger partial charge >= 0.3 is 0 Å². The summed E-state index contributed by atoms with van der Waals surface area (Å²) in [6.07, 6.45) is 1.39. The molecule has 0 saturated heterocycles. The SMILES string of the molecule is COCCNc1cc(C(=O)N(C)Cc2ccccc2)ncn1. The van der Waals surface area contributed by atoms with Crippen molar-refractivity contribution in [1.82, 2.24) is 14.9 Å². The Morgan fingerprint density at radius 3 is 2.77 bits per heavy atom. The third-order valence-corrected chi connectivity index (χ3v) is 3.11. The Bertz CT molecular complexity index is 604. The molecule has 0 saturated carbocycles. The summed E-state index contributed by atoms with van der Waals surface area (Å²) < 4.78 is 4.96. The molecule has 2 rings (SSSR count). The van der Waals surface area contributed by atoms with Crippen LogP contribution in [-0.2, 0) is 11.3 Å². The van der Waals surface area contributed by atoms with E-state index in [1.165, 1.54) is 6.33 Å². The molecule has 2 aromatic rings. The van der Waals surface area contributed by atoms with Crippen LogP contribution in [0.15, 0.2) is 42.7 Å². The third-order valence-electron chi connectivity index (χ3n) is 3.11. The summed E-state index contributed by atoms with van der Waals surface area (Å²) in [4.78, 5) is 22.2. The molecule has 0 radical (unpaired) electrons. The van der Waals surface area contributed by atoms with Crippen molar-refractivity contribution in [1.29, 1.82) is 0 Å². The molecule has 1 aromatic carbocycles. The zero-order chi connectivity index (χ0) is 15.8.